The number of amides is 2. The van der Waals surface area contributed by atoms with Crippen molar-refractivity contribution in [3.05, 3.63) is 0 Å². The molecule has 0 spiro atoms. The lowest BCUT2D eigenvalue weighted by Crippen LogP contribution is -2.45. The maximum Gasteiger partial charge on any atom is 0.309 e. The van der Waals surface area contributed by atoms with Gasteiger partial charge in [0.1, 0.15) is 12.3 Å². The van der Waals surface area contributed by atoms with Crippen LogP contribution in [-0.2, 0) is 23.9 Å². The molecule has 8 atom stereocenters. The first-order valence-corrected chi connectivity index (χ1v) is 19.3. The third kappa shape index (κ3) is 11.2. The molecule has 0 saturated carbocycles. The summed E-state index contributed by atoms with van der Waals surface area (Å²) < 4.78 is 10.6. The fourth-order valence-corrected chi connectivity index (χ4v) is 8.37. The van der Waals surface area contributed by atoms with E-state index in [0.29, 0.717) is 48.6 Å². The molecule has 0 aliphatic carbocycles. The maximum atomic E-state index is 12.7. The van der Waals surface area contributed by atoms with Crippen molar-refractivity contribution in [3.8, 4) is 0 Å². The molecule has 3 saturated heterocycles. The number of morpholine rings is 1. The van der Waals surface area contributed by atoms with E-state index in [1.807, 2.05) is 13.1 Å². The van der Waals surface area contributed by atoms with Crippen molar-refractivity contribution >= 4 is 24.0 Å². The number of hydrogen-bond acceptors (Lipinski definition) is 9. The van der Waals surface area contributed by atoms with Gasteiger partial charge in [0, 0.05) is 56.1 Å². The molecule has 0 aromatic heterocycles. The van der Waals surface area contributed by atoms with Gasteiger partial charge < -0.3 is 24.6 Å². The van der Waals surface area contributed by atoms with E-state index in [4.69, 9.17) is 14.6 Å². The zero-order chi connectivity index (χ0) is 38.0. The molecule has 50 heavy (non-hydrogen) atoms. The van der Waals surface area contributed by atoms with E-state index < -0.39 is 6.23 Å². The number of carbonyl (C=O) groups is 3. The average molecular weight is 709 g/mol. The maximum absolute atomic E-state index is 12.7. The largest absolute Gasteiger partial charge is 0.462 e. The first-order valence-electron chi connectivity index (χ1n) is 19.3. The van der Waals surface area contributed by atoms with Crippen molar-refractivity contribution in [3.63, 3.8) is 0 Å². The minimum absolute atomic E-state index is 0.00111. The van der Waals surface area contributed by atoms with Crippen LogP contribution in [0.3, 0.4) is 0 Å². The summed E-state index contributed by atoms with van der Waals surface area (Å²) >= 11 is 0. The van der Waals surface area contributed by atoms with Gasteiger partial charge in [-0.1, -0.05) is 83.1 Å². The Balaban J connectivity index is 0.000000269. The number of hydrazone groups is 1. The van der Waals surface area contributed by atoms with Crippen LogP contribution in [0.15, 0.2) is 5.10 Å². The Kier molecular flexibility index (Phi) is 17.8. The molecular weight excluding hydrogens is 636 g/mol. The third-order valence-corrected chi connectivity index (χ3v) is 11.0. The highest BCUT2D eigenvalue weighted by Gasteiger charge is 2.49. The second-order valence-corrected chi connectivity index (χ2v) is 16.8. The van der Waals surface area contributed by atoms with Crippen molar-refractivity contribution in [1.82, 2.24) is 14.8 Å². The lowest BCUT2D eigenvalue weighted by atomic mass is 9.76. The number of rotatable bonds is 11. The summed E-state index contributed by atoms with van der Waals surface area (Å²) in [6.07, 6.45) is 1.33. The van der Waals surface area contributed by atoms with Gasteiger partial charge in [-0.25, -0.2) is 5.01 Å². The Bertz CT molecular complexity index is 1090. The van der Waals surface area contributed by atoms with E-state index in [1.165, 1.54) is 5.01 Å². The molecule has 4 heterocycles. The topological polar surface area (TPSA) is 132 Å². The Morgan fingerprint density at radius 2 is 1.26 bits per heavy atom. The number of nitrogens with zero attached hydrogens (tertiary/aromatic N) is 4. The van der Waals surface area contributed by atoms with Crippen LogP contribution in [0.1, 0.15) is 90.0 Å². The smallest absolute Gasteiger partial charge is 0.309 e. The number of likely N-dealkylation sites (tertiary alicyclic amines) is 1. The summed E-state index contributed by atoms with van der Waals surface area (Å²) in [5, 5.41) is 25.0. The SMILES string of the molecule is CC(C)C1C(=O)N(CCN2CCOCC2)C(O)C1C(C)C.CC(C)C1C(=O)OC(C)C1C(C)C.CC(C)C1C=NN(CCO)C(=O)C1C(C)C. The molecule has 3 fully saturated rings. The minimum atomic E-state index is -0.633. The highest BCUT2D eigenvalue weighted by Crippen LogP contribution is 2.40. The van der Waals surface area contributed by atoms with Crippen LogP contribution in [0.2, 0.25) is 0 Å². The Morgan fingerprint density at radius 3 is 1.68 bits per heavy atom. The Morgan fingerprint density at radius 1 is 0.720 bits per heavy atom. The molecule has 4 aliphatic rings. The molecule has 8 unspecified atom stereocenters. The van der Waals surface area contributed by atoms with Gasteiger partial charge in [-0.15, -0.1) is 0 Å². The van der Waals surface area contributed by atoms with Crippen LogP contribution in [0.5, 0.6) is 0 Å². The summed E-state index contributed by atoms with van der Waals surface area (Å²) in [7, 11) is 0. The number of aliphatic hydroxyl groups is 2. The van der Waals surface area contributed by atoms with Crippen LogP contribution >= 0.6 is 0 Å². The fourth-order valence-electron chi connectivity index (χ4n) is 8.37. The molecule has 0 aromatic carbocycles. The highest BCUT2D eigenvalue weighted by atomic mass is 16.6. The summed E-state index contributed by atoms with van der Waals surface area (Å²) in [6.45, 7) is 32.3. The standard InChI is InChI=1S/C16H30N2O3.C12H22N2O2.C11H20O2/c1-11(2)13-14(12(3)4)16(20)18(15(13)19)6-5-17-7-9-21-10-8-17;1-8(2)10-7-13-14(5-6-15)12(16)11(10)9(3)4;1-6(2)9-8(5)13-11(12)10(9)7(3)4/h11-15,19H,5-10H2,1-4H3;7-11,15H,5-6H2,1-4H3;6-10H,1-5H3. The van der Waals surface area contributed by atoms with Crippen molar-refractivity contribution < 1.29 is 34.1 Å². The number of cyclic esters (lactones) is 1. The van der Waals surface area contributed by atoms with Crippen LogP contribution in [0.25, 0.3) is 0 Å². The number of aliphatic hydroxyl groups excluding tert-OH is 2. The lowest BCUT2D eigenvalue weighted by molar-refractivity contribution is -0.144. The van der Waals surface area contributed by atoms with Gasteiger partial charge in [0.2, 0.25) is 11.8 Å². The molecule has 0 bridgehead atoms. The van der Waals surface area contributed by atoms with E-state index in [0.717, 1.165) is 32.8 Å². The molecule has 2 amide bonds. The lowest BCUT2D eigenvalue weighted by Gasteiger charge is -2.35. The first-order chi connectivity index (χ1) is 23.4. The number of β-amino-alcohol motifs (C(OH)–C–C–N with tert-alkyl or cyclic N) is 1. The van der Waals surface area contributed by atoms with Gasteiger partial charge >= 0.3 is 5.97 Å². The number of hydrogen-bond donors (Lipinski definition) is 2. The quantitative estimate of drug-likeness (QED) is 0.292. The van der Waals surface area contributed by atoms with Crippen molar-refractivity contribution in [2.75, 3.05) is 52.5 Å². The predicted octanol–water partition coefficient (Wildman–Crippen LogP) is 4.85. The molecular formula is C39H72N4O7. The van der Waals surface area contributed by atoms with E-state index in [1.54, 1.807) is 4.90 Å². The van der Waals surface area contributed by atoms with Crippen LogP contribution < -0.4 is 0 Å². The summed E-state index contributed by atoms with van der Waals surface area (Å²) in [5.74, 6) is 3.08. The summed E-state index contributed by atoms with van der Waals surface area (Å²) in [5.41, 5.74) is 0. The van der Waals surface area contributed by atoms with Crippen molar-refractivity contribution in [2.45, 2.75) is 102 Å². The number of esters is 1. The predicted molar refractivity (Wildman–Crippen MR) is 198 cm³/mol. The molecule has 2 N–H and O–H groups in total. The third-order valence-electron chi connectivity index (χ3n) is 11.0. The van der Waals surface area contributed by atoms with E-state index in [-0.39, 0.29) is 66.0 Å². The highest BCUT2D eigenvalue weighted by molar-refractivity contribution is 5.86. The number of carbonyl (C=O) groups excluding carboxylic acids is 3. The van der Waals surface area contributed by atoms with Crippen LogP contribution in [0, 0.1) is 71.0 Å². The van der Waals surface area contributed by atoms with Gasteiger partial charge in [-0.05, 0) is 42.4 Å². The molecule has 0 radical (unpaired) electrons. The van der Waals surface area contributed by atoms with Gasteiger partial charge in [-0.2, -0.15) is 5.10 Å². The van der Waals surface area contributed by atoms with E-state index in [2.05, 4.69) is 93.1 Å². The molecule has 11 nitrogen and oxygen atoms in total. The Hall–Kier alpha value is -2.08. The van der Waals surface area contributed by atoms with Gasteiger partial charge in [0.15, 0.2) is 0 Å². The van der Waals surface area contributed by atoms with Crippen molar-refractivity contribution in [1.29, 1.82) is 0 Å². The van der Waals surface area contributed by atoms with Gasteiger partial charge in [-0.3, -0.25) is 19.3 Å². The minimum Gasteiger partial charge on any atom is -0.462 e. The van der Waals surface area contributed by atoms with E-state index in [9.17, 15) is 19.5 Å². The van der Waals surface area contributed by atoms with Gasteiger partial charge in [0.25, 0.3) is 0 Å². The van der Waals surface area contributed by atoms with Gasteiger partial charge in [0.05, 0.1) is 38.2 Å². The second-order valence-electron chi connectivity index (χ2n) is 16.8. The normalized spacial score (nSPS) is 30.5. The second kappa shape index (κ2) is 20.2. The number of ether oxygens (including phenoxy) is 2. The molecule has 11 heteroatoms. The van der Waals surface area contributed by atoms with E-state index >= 15 is 0 Å². The zero-order valence-electron chi connectivity index (χ0n) is 33.5. The first kappa shape index (κ1) is 44.1. The zero-order valence-corrected chi connectivity index (χ0v) is 33.5. The molecule has 0 aromatic rings. The Labute approximate surface area is 303 Å². The summed E-state index contributed by atoms with van der Waals surface area (Å²) in [6, 6.07) is 0. The monoisotopic (exact) mass is 709 g/mol. The summed E-state index contributed by atoms with van der Waals surface area (Å²) in [4.78, 5) is 40.4. The molecule has 290 valence electrons. The van der Waals surface area contributed by atoms with Crippen LogP contribution in [0.4, 0.5) is 0 Å². The fraction of sp³-hybridized carbons (Fsp3) is 0.897. The average Bonchev–Trinajstić information content (AvgIpc) is 3.48. The molecule has 4 aliphatic heterocycles. The van der Waals surface area contributed by atoms with Crippen LogP contribution in [-0.4, -0.2) is 114 Å². The molecule has 4 rings (SSSR count). The van der Waals surface area contributed by atoms with Crippen molar-refractivity contribution in [2.24, 2.45) is 76.1 Å².